The number of benzene rings is 3. The Kier molecular flexibility index (Phi) is 4.98. The molecule has 0 bridgehead atoms. The van der Waals surface area contributed by atoms with Crippen molar-refractivity contribution in [3.63, 3.8) is 0 Å². The zero-order valence-corrected chi connectivity index (χ0v) is 19.2. The average molecular weight is 487 g/mol. The quantitative estimate of drug-likeness (QED) is 0.281. The molecule has 2 heterocycles. The first-order valence-corrected chi connectivity index (χ1v) is 10.8. The van der Waals surface area contributed by atoms with E-state index in [4.69, 9.17) is 13.9 Å². The summed E-state index contributed by atoms with van der Waals surface area (Å²) in [6, 6.07) is 18.7. The summed E-state index contributed by atoms with van der Waals surface area (Å²) in [4.78, 5) is 13.6. The third-order valence-corrected chi connectivity index (χ3v) is 6.04. The van der Waals surface area contributed by atoms with Crippen molar-refractivity contribution < 1.29 is 18.7 Å². The maximum absolute atomic E-state index is 13.6. The number of ketones is 1. The van der Waals surface area contributed by atoms with E-state index < -0.39 is 0 Å². The molecule has 1 aromatic heterocycles. The first-order chi connectivity index (χ1) is 15.5. The summed E-state index contributed by atoms with van der Waals surface area (Å²) >= 11 is 3.49. The number of furan rings is 1. The van der Waals surface area contributed by atoms with Crippen LogP contribution in [0.1, 0.15) is 28.6 Å². The number of carbonyl (C=O) groups is 1. The highest BCUT2D eigenvalue weighted by Gasteiger charge is 2.28. The smallest absolute Gasteiger partial charge is 0.229 e. The number of rotatable bonds is 4. The number of carbonyl (C=O) groups excluding carboxylic acids is 1. The van der Waals surface area contributed by atoms with E-state index >= 15 is 0 Å². The molecule has 0 atom stereocenters. The lowest BCUT2D eigenvalue weighted by molar-refractivity contribution is 0.101. The molecule has 0 amide bonds. The molecule has 4 nitrogen and oxygen atoms in total. The molecule has 0 fully saturated rings. The second-order valence-electron chi connectivity index (χ2n) is 7.59. The zero-order chi connectivity index (χ0) is 22.4. The lowest BCUT2D eigenvalue weighted by atomic mass is 9.94. The molecule has 5 heteroatoms. The van der Waals surface area contributed by atoms with E-state index in [9.17, 15) is 4.79 Å². The Morgan fingerprint density at radius 2 is 1.84 bits per heavy atom. The van der Waals surface area contributed by atoms with Gasteiger partial charge in [-0.3, -0.25) is 4.79 Å². The van der Waals surface area contributed by atoms with Crippen LogP contribution in [0.3, 0.4) is 0 Å². The normalized spacial score (nSPS) is 12.8. The molecule has 5 rings (SSSR count). The van der Waals surface area contributed by atoms with Crippen LogP contribution in [0.2, 0.25) is 0 Å². The molecule has 1 aliphatic rings. The molecule has 0 aliphatic carbocycles. The van der Waals surface area contributed by atoms with E-state index in [2.05, 4.69) is 22.5 Å². The summed E-state index contributed by atoms with van der Waals surface area (Å²) < 4.78 is 18.5. The van der Waals surface area contributed by atoms with Crippen LogP contribution in [0.5, 0.6) is 11.5 Å². The molecule has 158 valence electrons. The molecule has 1 aliphatic heterocycles. The van der Waals surface area contributed by atoms with Crippen LogP contribution in [0.15, 0.2) is 88.0 Å². The van der Waals surface area contributed by atoms with E-state index in [0.29, 0.717) is 34.0 Å². The molecule has 3 aromatic carbocycles. The highest BCUT2D eigenvalue weighted by atomic mass is 79.9. The fraction of sp³-hybridized carbons (Fsp3) is 0.0741. The summed E-state index contributed by atoms with van der Waals surface area (Å²) in [5.41, 5.74) is 4.60. The van der Waals surface area contributed by atoms with Gasteiger partial charge in [-0.25, -0.2) is 0 Å². The van der Waals surface area contributed by atoms with Crippen molar-refractivity contribution in [2.75, 3.05) is 7.11 Å². The zero-order valence-electron chi connectivity index (χ0n) is 17.6. The van der Waals surface area contributed by atoms with Crippen LogP contribution < -0.4 is 9.47 Å². The molecular weight excluding hydrogens is 468 g/mol. The predicted molar refractivity (Wildman–Crippen MR) is 129 cm³/mol. The van der Waals surface area contributed by atoms with Crippen molar-refractivity contribution in [2.24, 2.45) is 0 Å². The Morgan fingerprint density at radius 1 is 1.06 bits per heavy atom. The van der Waals surface area contributed by atoms with Crippen LogP contribution in [0.25, 0.3) is 27.7 Å². The van der Waals surface area contributed by atoms with Crippen LogP contribution in [0.4, 0.5) is 0 Å². The highest BCUT2D eigenvalue weighted by Crippen LogP contribution is 2.46. The molecule has 0 saturated carbocycles. The Balaban J connectivity index is 1.82. The Morgan fingerprint density at radius 3 is 2.59 bits per heavy atom. The Hall–Kier alpha value is -3.57. The van der Waals surface area contributed by atoms with Crippen molar-refractivity contribution in [1.29, 1.82) is 0 Å². The molecular formula is C27H19BrO4. The van der Waals surface area contributed by atoms with Gasteiger partial charge in [0, 0.05) is 21.2 Å². The lowest BCUT2D eigenvalue weighted by Crippen LogP contribution is -2.03. The van der Waals surface area contributed by atoms with Crippen molar-refractivity contribution in [3.05, 3.63) is 100 Å². The number of halogens is 1. The number of ether oxygens (including phenoxy) is 2. The number of fused-ring (bicyclic) bond motifs is 3. The number of hydrogen-bond acceptors (Lipinski definition) is 4. The molecule has 0 unspecified atom stereocenters. The van der Waals surface area contributed by atoms with Gasteiger partial charge in [-0.2, -0.15) is 0 Å². The first-order valence-electron chi connectivity index (χ1n) is 10.1. The minimum Gasteiger partial charge on any atom is -0.497 e. The minimum absolute atomic E-state index is 0.228. The van der Waals surface area contributed by atoms with Crippen LogP contribution in [-0.4, -0.2) is 12.9 Å². The fourth-order valence-corrected chi connectivity index (χ4v) is 4.27. The summed E-state index contributed by atoms with van der Waals surface area (Å²) in [6.45, 7) is 5.99. The van der Waals surface area contributed by atoms with E-state index in [1.54, 1.807) is 31.4 Å². The van der Waals surface area contributed by atoms with E-state index in [-0.39, 0.29) is 11.5 Å². The van der Waals surface area contributed by atoms with Gasteiger partial charge in [-0.15, -0.1) is 0 Å². The second-order valence-corrected chi connectivity index (χ2v) is 8.50. The SMILES string of the molecule is C=C1C=C(C)c2ccc3oc(C(=O)c4cccc(OC)c4)c(-c4ccc(Br)cc4)c3c2O1. The fourth-order valence-electron chi connectivity index (χ4n) is 4.00. The minimum atomic E-state index is -0.228. The van der Waals surface area contributed by atoms with E-state index in [0.717, 1.165) is 26.6 Å². The third-order valence-electron chi connectivity index (χ3n) is 5.52. The molecule has 0 radical (unpaired) electrons. The van der Waals surface area contributed by atoms with Gasteiger partial charge in [-0.05, 0) is 60.5 Å². The monoisotopic (exact) mass is 486 g/mol. The largest absolute Gasteiger partial charge is 0.497 e. The van der Waals surface area contributed by atoms with Gasteiger partial charge in [0.1, 0.15) is 22.8 Å². The molecule has 0 spiro atoms. The van der Waals surface area contributed by atoms with Crippen LogP contribution in [-0.2, 0) is 0 Å². The lowest BCUT2D eigenvalue weighted by Gasteiger charge is -2.19. The number of hydrogen-bond donors (Lipinski definition) is 0. The Bertz CT molecular complexity index is 1420. The van der Waals surface area contributed by atoms with Gasteiger partial charge in [0.2, 0.25) is 5.78 Å². The third kappa shape index (κ3) is 3.35. The summed E-state index contributed by atoms with van der Waals surface area (Å²) in [6.07, 6.45) is 1.90. The van der Waals surface area contributed by atoms with Gasteiger partial charge >= 0.3 is 0 Å². The van der Waals surface area contributed by atoms with Gasteiger partial charge in [0.15, 0.2) is 5.76 Å². The maximum atomic E-state index is 13.6. The van der Waals surface area contributed by atoms with Crippen molar-refractivity contribution in [1.82, 2.24) is 0 Å². The summed E-state index contributed by atoms with van der Waals surface area (Å²) in [5, 5.41) is 0.754. The number of allylic oxidation sites excluding steroid dienone is 2. The van der Waals surface area contributed by atoms with Gasteiger partial charge in [0.05, 0.1) is 12.5 Å². The first kappa shape index (κ1) is 20.3. The molecule has 0 saturated heterocycles. The van der Waals surface area contributed by atoms with E-state index in [1.807, 2.05) is 49.4 Å². The highest BCUT2D eigenvalue weighted by molar-refractivity contribution is 9.10. The molecule has 0 N–H and O–H groups in total. The van der Waals surface area contributed by atoms with Crippen LogP contribution >= 0.6 is 15.9 Å². The van der Waals surface area contributed by atoms with E-state index in [1.165, 1.54) is 0 Å². The molecule has 32 heavy (non-hydrogen) atoms. The van der Waals surface area contributed by atoms with Crippen molar-refractivity contribution in [3.8, 4) is 22.6 Å². The van der Waals surface area contributed by atoms with Crippen LogP contribution in [0, 0.1) is 0 Å². The summed E-state index contributed by atoms with van der Waals surface area (Å²) in [5.74, 6) is 1.83. The number of methoxy groups -OCH3 is 1. The average Bonchev–Trinajstić information content (AvgIpc) is 3.19. The second kappa shape index (κ2) is 7.84. The van der Waals surface area contributed by atoms with Gasteiger partial charge in [0.25, 0.3) is 0 Å². The maximum Gasteiger partial charge on any atom is 0.229 e. The molecule has 4 aromatic rings. The van der Waals surface area contributed by atoms with Crippen molar-refractivity contribution in [2.45, 2.75) is 6.92 Å². The predicted octanol–water partition coefficient (Wildman–Crippen LogP) is 7.41. The standard InChI is InChI=1S/C27H19BrO4/c1-15-13-16(2)31-26-21(15)11-12-22-24(26)23(17-7-9-19(28)10-8-17)27(32-22)25(29)18-5-4-6-20(14-18)30-3/h4-14H,2H2,1,3H3. The van der Waals surface area contributed by atoms with Crippen molar-refractivity contribution >= 4 is 38.3 Å². The topological polar surface area (TPSA) is 48.7 Å². The van der Waals surface area contributed by atoms with Gasteiger partial charge < -0.3 is 13.9 Å². The van der Waals surface area contributed by atoms with Gasteiger partial charge in [-0.1, -0.05) is 46.8 Å². The summed E-state index contributed by atoms with van der Waals surface area (Å²) in [7, 11) is 1.57. The Labute approximate surface area is 193 Å².